The number of rotatable bonds is 4. The molecule has 0 heterocycles. The summed E-state index contributed by atoms with van der Waals surface area (Å²) in [4.78, 5) is 12.5. The maximum Gasteiger partial charge on any atom is 0.422 e. The second kappa shape index (κ2) is 7.23. The first-order valence-electron chi connectivity index (χ1n) is 8.68. The quantitative estimate of drug-likeness (QED) is 0.864. The molecule has 2 unspecified atom stereocenters. The van der Waals surface area contributed by atoms with E-state index in [1.54, 1.807) is 12.1 Å². The average Bonchev–Trinajstić information content (AvgIpc) is 2.53. The van der Waals surface area contributed by atoms with E-state index in [-0.39, 0.29) is 23.6 Å². The van der Waals surface area contributed by atoms with E-state index in [0.29, 0.717) is 17.5 Å². The number of carbonyl (C=O) groups excluding carboxylic acids is 1. The number of carbonyl (C=O) groups is 1. The van der Waals surface area contributed by atoms with Gasteiger partial charge in [0, 0.05) is 17.6 Å². The van der Waals surface area contributed by atoms with Crippen LogP contribution in [0.5, 0.6) is 5.75 Å². The molecule has 2 aliphatic rings. The van der Waals surface area contributed by atoms with Crippen LogP contribution in [0.4, 0.5) is 18.9 Å². The highest BCUT2D eigenvalue weighted by atomic mass is 19.4. The van der Waals surface area contributed by atoms with Crippen molar-refractivity contribution in [3.05, 3.63) is 24.3 Å². The van der Waals surface area contributed by atoms with Gasteiger partial charge in [-0.15, -0.1) is 0 Å². The first kappa shape index (κ1) is 18.0. The molecule has 2 atom stereocenters. The van der Waals surface area contributed by atoms with Crippen LogP contribution in [0.15, 0.2) is 24.3 Å². The molecule has 0 spiro atoms. The van der Waals surface area contributed by atoms with E-state index in [1.807, 2.05) is 0 Å². The van der Waals surface area contributed by atoms with E-state index < -0.39 is 12.8 Å². The summed E-state index contributed by atoms with van der Waals surface area (Å²) in [7, 11) is 0. The van der Waals surface area contributed by atoms with E-state index in [4.69, 9.17) is 5.73 Å². The molecule has 2 fully saturated rings. The first-order chi connectivity index (χ1) is 11.8. The van der Waals surface area contributed by atoms with E-state index in [9.17, 15) is 18.0 Å². The number of benzene rings is 1. The summed E-state index contributed by atoms with van der Waals surface area (Å²) in [6, 6.07) is 6.17. The summed E-state index contributed by atoms with van der Waals surface area (Å²) in [6.45, 7) is -1.33. The Hall–Kier alpha value is -1.76. The molecule has 2 saturated carbocycles. The van der Waals surface area contributed by atoms with Gasteiger partial charge in [-0.25, -0.2) is 0 Å². The van der Waals surface area contributed by atoms with Crippen molar-refractivity contribution in [1.82, 2.24) is 0 Å². The smallest absolute Gasteiger partial charge is 0.422 e. The van der Waals surface area contributed by atoms with Gasteiger partial charge in [-0.2, -0.15) is 13.2 Å². The lowest BCUT2D eigenvalue weighted by atomic mass is 9.65. The van der Waals surface area contributed by atoms with E-state index >= 15 is 0 Å². The third kappa shape index (κ3) is 4.66. The number of hydrogen-bond acceptors (Lipinski definition) is 3. The lowest BCUT2D eigenvalue weighted by molar-refractivity contribution is -0.153. The third-order valence-electron chi connectivity index (χ3n) is 5.31. The van der Waals surface area contributed by atoms with E-state index in [2.05, 4.69) is 10.1 Å². The van der Waals surface area contributed by atoms with Crippen molar-refractivity contribution < 1.29 is 22.7 Å². The Morgan fingerprint density at radius 2 is 1.76 bits per heavy atom. The Balaban J connectivity index is 1.54. The van der Waals surface area contributed by atoms with Gasteiger partial charge in [0.1, 0.15) is 5.75 Å². The maximum absolute atomic E-state index is 12.5. The van der Waals surface area contributed by atoms with Gasteiger partial charge in [0.25, 0.3) is 0 Å². The molecule has 0 radical (unpaired) electrons. The largest absolute Gasteiger partial charge is 0.484 e. The summed E-state index contributed by atoms with van der Waals surface area (Å²) in [6.07, 6.45) is 0.634. The maximum atomic E-state index is 12.5. The van der Waals surface area contributed by atoms with Crippen molar-refractivity contribution >= 4 is 11.6 Å². The third-order valence-corrected chi connectivity index (χ3v) is 5.31. The van der Waals surface area contributed by atoms with Crippen LogP contribution < -0.4 is 15.8 Å². The van der Waals surface area contributed by atoms with Crippen molar-refractivity contribution in [2.75, 3.05) is 11.9 Å². The van der Waals surface area contributed by atoms with Crippen LogP contribution in [-0.2, 0) is 4.79 Å². The van der Waals surface area contributed by atoms with Crippen LogP contribution in [-0.4, -0.2) is 24.7 Å². The molecule has 2 bridgehead atoms. The number of nitrogens with one attached hydrogen (secondary N) is 1. The Bertz CT molecular complexity index is 589. The Morgan fingerprint density at radius 1 is 1.16 bits per heavy atom. The SMILES string of the molecule is NC1C2CCCC1CC(C(=O)Nc1ccc(OCC(F)(F)F)cc1)C2. The number of nitrogens with two attached hydrogens (primary N) is 1. The van der Waals surface area contributed by atoms with Crippen LogP contribution in [0, 0.1) is 17.8 Å². The molecule has 25 heavy (non-hydrogen) atoms. The van der Waals surface area contributed by atoms with Gasteiger partial charge in [0.2, 0.25) is 5.91 Å². The molecule has 3 N–H and O–H groups in total. The molecule has 1 aromatic rings. The second-order valence-electron chi connectivity index (χ2n) is 7.11. The highest BCUT2D eigenvalue weighted by Crippen LogP contribution is 2.42. The lowest BCUT2D eigenvalue weighted by Crippen LogP contribution is -2.48. The van der Waals surface area contributed by atoms with Crippen molar-refractivity contribution in [3.63, 3.8) is 0 Å². The predicted molar refractivity (Wildman–Crippen MR) is 88.2 cm³/mol. The summed E-state index contributed by atoms with van der Waals surface area (Å²) in [5, 5.41) is 2.86. The van der Waals surface area contributed by atoms with Crippen molar-refractivity contribution in [2.24, 2.45) is 23.5 Å². The summed E-state index contributed by atoms with van der Waals surface area (Å²) in [5.41, 5.74) is 6.81. The minimum atomic E-state index is -4.37. The number of anilines is 1. The molecule has 2 aliphatic carbocycles. The molecule has 0 aromatic heterocycles. The molecule has 0 saturated heterocycles. The Labute approximate surface area is 144 Å². The average molecular weight is 356 g/mol. The fraction of sp³-hybridized carbons (Fsp3) is 0.611. The Morgan fingerprint density at radius 3 is 2.32 bits per heavy atom. The topological polar surface area (TPSA) is 64.4 Å². The fourth-order valence-corrected chi connectivity index (χ4v) is 4.05. The molecule has 1 aromatic carbocycles. The predicted octanol–water partition coefficient (Wildman–Crippen LogP) is 3.72. The molecule has 138 valence electrons. The Kier molecular flexibility index (Phi) is 5.22. The van der Waals surface area contributed by atoms with E-state index in [1.165, 1.54) is 18.6 Å². The number of hydrogen-bond donors (Lipinski definition) is 2. The second-order valence-corrected chi connectivity index (χ2v) is 7.11. The zero-order valence-electron chi connectivity index (χ0n) is 13.9. The van der Waals surface area contributed by atoms with Gasteiger partial charge in [-0.05, 0) is 61.8 Å². The summed E-state index contributed by atoms with van der Waals surface area (Å²) >= 11 is 0. The highest BCUT2D eigenvalue weighted by Gasteiger charge is 2.40. The van der Waals surface area contributed by atoms with Crippen LogP contribution in [0.25, 0.3) is 0 Å². The van der Waals surface area contributed by atoms with Gasteiger partial charge in [-0.3, -0.25) is 4.79 Å². The van der Waals surface area contributed by atoms with Gasteiger partial charge < -0.3 is 15.8 Å². The van der Waals surface area contributed by atoms with Gasteiger partial charge in [-0.1, -0.05) is 6.42 Å². The number of fused-ring (bicyclic) bond motifs is 2. The monoisotopic (exact) mass is 356 g/mol. The summed E-state index contributed by atoms with van der Waals surface area (Å²) < 4.78 is 41.1. The van der Waals surface area contributed by atoms with Crippen LogP contribution in [0.1, 0.15) is 32.1 Å². The van der Waals surface area contributed by atoms with Crippen LogP contribution in [0.2, 0.25) is 0 Å². The van der Waals surface area contributed by atoms with Crippen LogP contribution >= 0.6 is 0 Å². The summed E-state index contributed by atoms with van der Waals surface area (Å²) in [5.74, 6) is 0.875. The molecule has 4 nitrogen and oxygen atoms in total. The minimum Gasteiger partial charge on any atom is -0.484 e. The lowest BCUT2D eigenvalue weighted by Gasteiger charge is -2.43. The van der Waals surface area contributed by atoms with Crippen molar-refractivity contribution in [3.8, 4) is 5.75 Å². The van der Waals surface area contributed by atoms with E-state index in [0.717, 1.165) is 25.7 Å². The van der Waals surface area contributed by atoms with Gasteiger partial charge >= 0.3 is 6.18 Å². The van der Waals surface area contributed by atoms with Crippen LogP contribution in [0.3, 0.4) is 0 Å². The molecule has 3 rings (SSSR count). The normalized spacial score (nSPS) is 29.1. The minimum absolute atomic E-state index is 0.0345. The molecular weight excluding hydrogens is 333 g/mol. The fourth-order valence-electron chi connectivity index (χ4n) is 4.05. The zero-order valence-corrected chi connectivity index (χ0v) is 13.9. The number of alkyl halides is 3. The van der Waals surface area contributed by atoms with Gasteiger partial charge in [0.15, 0.2) is 6.61 Å². The van der Waals surface area contributed by atoms with Crippen molar-refractivity contribution in [1.29, 1.82) is 0 Å². The molecule has 0 aliphatic heterocycles. The standard InChI is InChI=1S/C18H23F3N2O2/c19-18(20,21)10-25-15-6-4-14(5-7-15)23-17(24)13-8-11-2-1-3-12(9-13)16(11)22/h4-7,11-13,16H,1-3,8-10,22H2,(H,23,24). The number of ether oxygens (including phenoxy) is 1. The number of amides is 1. The molecular formula is C18H23F3N2O2. The molecule has 7 heteroatoms. The highest BCUT2D eigenvalue weighted by molar-refractivity contribution is 5.92. The molecule has 1 amide bonds. The number of halogens is 3. The zero-order chi connectivity index (χ0) is 18.0. The van der Waals surface area contributed by atoms with Gasteiger partial charge in [0.05, 0.1) is 0 Å². The van der Waals surface area contributed by atoms with Crippen molar-refractivity contribution in [2.45, 2.75) is 44.3 Å². The first-order valence-corrected chi connectivity index (χ1v) is 8.68.